The zero-order valence-corrected chi connectivity index (χ0v) is 16.4. The van der Waals surface area contributed by atoms with Gasteiger partial charge in [-0.25, -0.2) is 0 Å². The van der Waals surface area contributed by atoms with Crippen LogP contribution in [-0.4, -0.2) is 23.8 Å². The third-order valence-electron chi connectivity index (χ3n) is 3.19. The second-order valence-electron chi connectivity index (χ2n) is 5.16. The van der Waals surface area contributed by atoms with E-state index in [9.17, 15) is 14.4 Å². The van der Waals surface area contributed by atoms with Crippen molar-refractivity contribution in [2.24, 2.45) is 0 Å². The molecule has 0 saturated heterocycles. The highest BCUT2D eigenvalue weighted by Crippen LogP contribution is 2.23. The molecule has 1 atom stereocenters. The third kappa shape index (κ3) is 6.26. The number of nitrogens with one attached hydrogen (secondary N) is 1. The van der Waals surface area contributed by atoms with Gasteiger partial charge in [-0.1, -0.05) is 27.5 Å². The predicted molar refractivity (Wildman–Crippen MR) is 101 cm³/mol. The van der Waals surface area contributed by atoms with Gasteiger partial charge in [-0.2, -0.15) is 0 Å². The zero-order valence-electron chi connectivity index (χ0n) is 13.3. The van der Waals surface area contributed by atoms with Crippen molar-refractivity contribution in [3.05, 3.63) is 50.1 Å². The van der Waals surface area contributed by atoms with E-state index in [1.807, 2.05) is 0 Å². The SMILES string of the molecule is CC(OC(=O)CCC(=O)c1ccc(Cl)s1)C(=O)Nc1ccc(Br)cc1. The average molecular weight is 445 g/mol. The summed E-state index contributed by atoms with van der Waals surface area (Å²) in [4.78, 5) is 36.2. The molecule has 25 heavy (non-hydrogen) atoms. The number of carbonyl (C=O) groups is 3. The fourth-order valence-corrected chi connectivity index (χ4v) is 3.16. The van der Waals surface area contributed by atoms with Gasteiger partial charge in [0.2, 0.25) is 0 Å². The molecular formula is C17H15BrClNO4S. The van der Waals surface area contributed by atoms with E-state index < -0.39 is 18.0 Å². The van der Waals surface area contributed by atoms with Crippen LogP contribution in [0.25, 0.3) is 0 Å². The summed E-state index contributed by atoms with van der Waals surface area (Å²) in [5.41, 5.74) is 0.598. The predicted octanol–water partition coefficient (Wildman–Crippen LogP) is 4.70. The average Bonchev–Trinajstić information content (AvgIpc) is 3.01. The summed E-state index contributed by atoms with van der Waals surface area (Å²) in [5.74, 6) is -1.22. The topological polar surface area (TPSA) is 72.5 Å². The van der Waals surface area contributed by atoms with Crippen molar-refractivity contribution >= 4 is 62.2 Å². The number of hydrogen-bond donors (Lipinski definition) is 1. The van der Waals surface area contributed by atoms with Crippen LogP contribution in [0.5, 0.6) is 0 Å². The van der Waals surface area contributed by atoms with Gasteiger partial charge in [0.05, 0.1) is 15.6 Å². The first kappa shape index (κ1) is 19.6. The Morgan fingerprint density at radius 2 is 1.84 bits per heavy atom. The maximum atomic E-state index is 12.0. The lowest BCUT2D eigenvalue weighted by Crippen LogP contribution is -2.30. The van der Waals surface area contributed by atoms with Crippen molar-refractivity contribution in [2.75, 3.05) is 5.32 Å². The van der Waals surface area contributed by atoms with E-state index in [0.717, 1.165) is 15.8 Å². The lowest BCUT2D eigenvalue weighted by molar-refractivity contribution is -0.153. The number of anilines is 1. The van der Waals surface area contributed by atoms with Gasteiger partial charge in [0.25, 0.3) is 5.91 Å². The van der Waals surface area contributed by atoms with Crippen LogP contribution in [0, 0.1) is 0 Å². The van der Waals surface area contributed by atoms with E-state index in [-0.39, 0.29) is 18.6 Å². The van der Waals surface area contributed by atoms with E-state index in [1.165, 1.54) is 6.92 Å². The zero-order chi connectivity index (χ0) is 18.4. The fourth-order valence-electron chi connectivity index (χ4n) is 1.89. The first-order valence-corrected chi connectivity index (χ1v) is 9.38. The van der Waals surface area contributed by atoms with Crippen molar-refractivity contribution < 1.29 is 19.1 Å². The highest BCUT2D eigenvalue weighted by atomic mass is 79.9. The number of amides is 1. The van der Waals surface area contributed by atoms with Crippen LogP contribution in [-0.2, 0) is 14.3 Å². The van der Waals surface area contributed by atoms with E-state index in [0.29, 0.717) is 14.9 Å². The molecule has 0 fully saturated rings. The van der Waals surface area contributed by atoms with Crippen LogP contribution in [0.15, 0.2) is 40.9 Å². The molecule has 1 amide bonds. The quantitative estimate of drug-likeness (QED) is 0.496. The number of ether oxygens (including phenoxy) is 1. The Labute approximate surface area is 162 Å². The Morgan fingerprint density at radius 1 is 1.16 bits per heavy atom. The van der Waals surface area contributed by atoms with Crippen LogP contribution >= 0.6 is 38.9 Å². The molecule has 1 aromatic heterocycles. The van der Waals surface area contributed by atoms with Crippen molar-refractivity contribution in [3.63, 3.8) is 0 Å². The highest BCUT2D eigenvalue weighted by molar-refractivity contribution is 9.10. The highest BCUT2D eigenvalue weighted by Gasteiger charge is 2.19. The van der Waals surface area contributed by atoms with Gasteiger partial charge >= 0.3 is 5.97 Å². The molecule has 0 radical (unpaired) electrons. The van der Waals surface area contributed by atoms with Gasteiger partial charge in [0, 0.05) is 16.6 Å². The molecule has 1 aromatic carbocycles. The van der Waals surface area contributed by atoms with Crippen LogP contribution in [0.3, 0.4) is 0 Å². The van der Waals surface area contributed by atoms with Crippen LogP contribution in [0.2, 0.25) is 4.34 Å². The van der Waals surface area contributed by atoms with Crippen LogP contribution in [0.1, 0.15) is 29.4 Å². The maximum absolute atomic E-state index is 12.0. The molecule has 0 aliphatic heterocycles. The fraction of sp³-hybridized carbons (Fsp3) is 0.235. The largest absolute Gasteiger partial charge is 0.453 e. The number of benzene rings is 1. The molecule has 1 unspecified atom stereocenters. The number of Topliss-reactive ketones (excluding diaryl/α,β-unsaturated/α-hetero) is 1. The number of thiophene rings is 1. The molecule has 0 aliphatic carbocycles. The first-order chi connectivity index (χ1) is 11.8. The van der Waals surface area contributed by atoms with Crippen molar-refractivity contribution in [2.45, 2.75) is 25.9 Å². The number of ketones is 1. The van der Waals surface area contributed by atoms with E-state index in [1.54, 1.807) is 36.4 Å². The Hall–Kier alpha value is -1.70. The molecule has 8 heteroatoms. The Morgan fingerprint density at radius 3 is 2.44 bits per heavy atom. The van der Waals surface area contributed by atoms with Crippen LogP contribution < -0.4 is 5.32 Å². The normalized spacial score (nSPS) is 11.6. The molecule has 132 valence electrons. The minimum Gasteiger partial charge on any atom is -0.453 e. The third-order valence-corrected chi connectivity index (χ3v) is 4.99. The molecule has 0 spiro atoms. The summed E-state index contributed by atoms with van der Waals surface area (Å²) in [5, 5.41) is 2.65. The van der Waals surface area contributed by atoms with Crippen molar-refractivity contribution in [1.29, 1.82) is 0 Å². The Kier molecular flexibility index (Phi) is 7.16. The standard InChI is InChI=1S/C17H15BrClNO4S/c1-10(17(23)20-12-4-2-11(18)3-5-12)24-16(22)9-6-13(21)14-7-8-15(19)25-14/h2-5,7-8,10H,6,9H2,1H3,(H,20,23). The van der Waals surface area contributed by atoms with Gasteiger partial charge in [-0.15, -0.1) is 11.3 Å². The molecule has 0 saturated carbocycles. The monoisotopic (exact) mass is 443 g/mol. The maximum Gasteiger partial charge on any atom is 0.307 e. The number of halogens is 2. The molecule has 1 N–H and O–H groups in total. The number of hydrogen-bond acceptors (Lipinski definition) is 5. The van der Waals surface area contributed by atoms with E-state index in [4.69, 9.17) is 16.3 Å². The first-order valence-electron chi connectivity index (χ1n) is 7.39. The van der Waals surface area contributed by atoms with Gasteiger partial charge in [0.15, 0.2) is 11.9 Å². The van der Waals surface area contributed by atoms with Gasteiger partial charge in [-0.3, -0.25) is 14.4 Å². The minimum atomic E-state index is -0.956. The molecule has 0 aliphatic rings. The summed E-state index contributed by atoms with van der Waals surface area (Å²) < 4.78 is 6.47. The Balaban J connectivity index is 1.78. The minimum absolute atomic E-state index is 0.0106. The second-order valence-corrected chi connectivity index (χ2v) is 7.79. The van der Waals surface area contributed by atoms with Gasteiger partial charge < -0.3 is 10.1 Å². The van der Waals surface area contributed by atoms with Gasteiger partial charge in [0.1, 0.15) is 0 Å². The summed E-state index contributed by atoms with van der Waals surface area (Å²) in [6.07, 6.45) is -1.04. The van der Waals surface area contributed by atoms with Crippen LogP contribution in [0.4, 0.5) is 5.69 Å². The lowest BCUT2D eigenvalue weighted by atomic mass is 10.2. The summed E-state index contributed by atoms with van der Waals surface area (Å²) >= 11 is 10.2. The second kappa shape index (κ2) is 9.12. The van der Waals surface area contributed by atoms with E-state index >= 15 is 0 Å². The van der Waals surface area contributed by atoms with E-state index in [2.05, 4.69) is 21.2 Å². The van der Waals surface area contributed by atoms with Gasteiger partial charge in [-0.05, 0) is 43.3 Å². The number of esters is 1. The number of rotatable bonds is 7. The number of carbonyl (C=O) groups excluding carboxylic acids is 3. The molecule has 1 heterocycles. The summed E-state index contributed by atoms with van der Waals surface area (Å²) in [6.45, 7) is 1.48. The molecule has 5 nitrogen and oxygen atoms in total. The molecule has 2 rings (SSSR count). The van der Waals surface area contributed by atoms with Crippen molar-refractivity contribution in [1.82, 2.24) is 0 Å². The molecule has 0 bridgehead atoms. The smallest absolute Gasteiger partial charge is 0.307 e. The summed E-state index contributed by atoms with van der Waals surface area (Å²) in [6, 6.07) is 10.3. The Bertz CT molecular complexity index is 775. The van der Waals surface area contributed by atoms with Crippen molar-refractivity contribution in [3.8, 4) is 0 Å². The molecule has 2 aromatic rings. The molecular weight excluding hydrogens is 430 g/mol. The summed E-state index contributed by atoms with van der Waals surface area (Å²) in [7, 11) is 0. The lowest BCUT2D eigenvalue weighted by Gasteiger charge is -2.13.